The van der Waals surface area contributed by atoms with Gasteiger partial charge in [0, 0.05) is 38.1 Å². The van der Waals surface area contributed by atoms with Gasteiger partial charge in [0.2, 0.25) is 0 Å². The topological polar surface area (TPSA) is 51.4 Å². The maximum absolute atomic E-state index is 5.86. The summed E-state index contributed by atoms with van der Waals surface area (Å²) in [4.78, 5) is 6.40. The molecule has 0 aromatic carbocycles. The molecule has 0 aliphatic carbocycles. The van der Waals surface area contributed by atoms with E-state index >= 15 is 0 Å². The Balaban J connectivity index is 1.90. The molecule has 1 saturated heterocycles. The van der Waals surface area contributed by atoms with Crippen LogP contribution in [0.15, 0.2) is 24.5 Å². The summed E-state index contributed by atoms with van der Waals surface area (Å²) in [6.07, 6.45) is 3.83. The fraction of sp³-hybridized carbons (Fsp3) is 0.583. The van der Waals surface area contributed by atoms with Crippen LogP contribution in [-0.4, -0.2) is 41.7 Å². The van der Waals surface area contributed by atoms with E-state index in [1.165, 1.54) is 5.56 Å². The first-order valence-electron chi connectivity index (χ1n) is 5.74. The Morgan fingerprint density at radius 3 is 3.00 bits per heavy atom. The normalized spacial score (nSPS) is 24.2. The van der Waals surface area contributed by atoms with Gasteiger partial charge in [-0.3, -0.25) is 9.88 Å². The average Bonchev–Trinajstić information content (AvgIpc) is 2.30. The van der Waals surface area contributed by atoms with Gasteiger partial charge in [-0.1, -0.05) is 0 Å². The first-order chi connectivity index (χ1) is 7.75. The molecule has 1 aromatic heterocycles. The van der Waals surface area contributed by atoms with E-state index in [9.17, 15) is 0 Å². The Hall–Kier alpha value is -0.970. The van der Waals surface area contributed by atoms with Gasteiger partial charge in [-0.05, 0) is 24.6 Å². The van der Waals surface area contributed by atoms with E-state index in [1.807, 2.05) is 19.3 Å². The molecule has 4 nitrogen and oxygen atoms in total. The van der Waals surface area contributed by atoms with Crippen LogP contribution in [0.2, 0.25) is 0 Å². The molecule has 0 bridgehead atoms. The maximum Gasteiger partial charge on any atom is 0.0850 e. The fourth-order valence-electron chi connectivity index (χ4n) is 1.94. The van der Waals surface area contributed by atoms with Gasteiger partial charge in [0.25, 0.3) is 0 Å². The van der Waals surface area contributed by atoms with Crippen molar-refractivity contribution in [1.29, 1.82) is 0 Å². The van der Waals surface area contributed by atoms with Crippen LogP contribution in [0, 0.1) is 0 Å². The van der Waals surface area contributed by atoms with Gasteiger partial charge in [-0.15, -0.1) is 0 Å². The molecule has 1 aliphatic heterocycles. The predicted molar refractivity (Wildman–Crippen MR) is 62.9 cm³/mol. The molecule has 0 radical (unpaired) electrons. The van der Waals surface area contributed by atoms with E-state index in [2.05, 4.69) is 22.0 Å². The van der Waals surface area contributed by atoms with Gasteiger partial charge < -0.3 is 10.5 Å². The minimum absolute atomic E-state index is 0.0974. The molecular weight excluding hydrogens is 202 g/mol. The molecule has 2 N–H and O–H groups in total. The summed E-state index contributed by atoms with van der Waals surface area (Å²) in [7, 11) is 0. The third kappa shape index (κ3) is 3.01. The number of nitrogens with zero attached hydrogens (tertiary/aromatic N) is 2. The quantitative estimate of drug-likeness (QED) is 0.813. The van der Waals surface area contributed by atoms with Crippen molar-refractivity contribution in [2.24, 2.45) is 5.73 Å². The van der Waals surface area contributed by atoms with Crippen molar-refractivity contribution in [1.82, 2.24) is 9.88 Å². The van der Waals surface area contributed by atoms with Gasteiger partial charge in [-0.2, -0.15) is 0 Å². The molecule has 1 aliphatic rings. The Morgan fingerprint density at radius 1 is 1.56 bits per heavy atom. The zero-order chi connectivity index (χ0) is 11.4. The van der Waals surface area contributed by atoms with Crippen LogP contribution in [0.3, 0.4) is 0 Å². The number of pyridine rings is 1. The van der Waals surface area contributed by atoms with Crippen LogP contribution in [0.25, 0.3) is 0 Å². The highest BCUT2D eigenvalue weighted by molar-refractivity contribution is 5.09. The third-order valence-electron chi connectivity index (χ3n) is 2.92. The number of rotatable bonds is 3. The number of aromatic nitrogens is 1. The van der Waals surface area contributed by atoms with Crippen molar-refractivity contribution in [2.75, 3.05) is 19.7 Å². The molecule has 2 heterocycles. The molecule has 2 unspecified atom stereocenters. The molecule has 1 fully saturated rings. The first-order valence-corrected chi connectivity index (χ1v) is 5.74. The molecule has 2 rings (SSSR count). The fourth-order valence-corrected chi connectivity index (χ4v) is 1.94. The van der Waals surface area contributed by atoms with Crippen molar-refractivity contribution < 1.29 is 4.74 Å². The molecular formula is C12H19N3O. The Labute approximate surface area is 96.4 Å². The standard InChI is InChI=1S/C12H19N3O/c1-10(13)12-9-15(6-7-16-12)8-11-2-4-14-5-3-11/h2-5,10,12H,6-9,13H2,1H3. The van der Waals surface area contributed by atoms with E-state index in [1.54, 1.807) is 0 Å². The second kappa shape index (κ2) is 5.39. The van der Waals surface area contributed by atoms with Gasteiger partial charge in [0.05, 0.1) is 12.7 Å². The second-order valence-electron chi connectivity index (χ2n) is 4.36. The summed E-state index contributed by atoms with van der Waals surface area (Å²) in [5.41, 5.74) is 7.15. The summed E-state index contributed by atoms with van der Waals surface area (Å²) in [5.74, 6) is 0. The largest absolute Gasteiger partial charge is 0.374 e. The van der Waals surface area contributed by atoms with Crippen molar-refractivity contribution >= 4 is 0 Å². The van der Waals surface area contributed by atoms with Crippen LogP contribution >= 0.6 is 0 Å². The first kappa shape index (κ1) is 11.5. The summed E-state index contributed by atoms with van der Waals surface area (Å²) in [6, 6.07) is 4.20. The molecule has 16 heavy (non-hydrogen) atoms. The van der Waals surface area contributed by atoms with Crippen LogP contribution < -0.4 is 5.73 Å². The highest BCUT2D eigenvalue weighted by Gasteiger charge is 2.23. The lowest BCUT2D eigenvalue weighted by atomic mass is 10.1. The van der Waals surface area contributed by atoms with Crippen LogP contribution in [-0.2, 0) is 11.3 Å². The van der Waals surface area contributed by atoms with Crippen molar-refractivity contribution in [2.45, 2.75) is 25.6 Å². The molecule has 2 atom stereocenters. The van der Waals surface area contributed by atoms with E-state index < -0.39 is 0 Å². The average molecular weight is 221 g/mol. The Kier molecular flexibility index (Phi) is 3.88. The smallest absolute Gasteiger partial charge is 0.0850 e. The van der Waals surface area contributed by atoms with E-state index in [-0.39, 0.29) is 12.1 Å². The lowest BCUT2D eigenvalue weighted by Crippen LogP contribution is -2.49. The predicted octanol–water partition coefficient (Wildman–Crippen LogP) is 0.630. The Bertz CT molecular complexity index is 315. The molecule has 0 amide bonds. The Morgan fingerprint density at radius 2 is 2.31 bits per heavy atom. The van der Waals surface area contributed by atoms with Crippen molar-refractivity contribution in [3.05, 3.63) is 30.1 Å². The molecule has 4 heteroatoms. The van der Waals surface area contributed by atoms with Gasteiger partial charge in [0.15, 0.2) is 0 Å². The lowest BCUT2D eigenvalue weighted by molar-refractivity contribution is -0.0403. The molecule has 1 aromatic rings. The number of morpholine rings is 1. The SMILES string of the molecule is CC(N)C1CN(Cc2ccncc2)CCO1. The number of hydrogen-bond donors (Lipinski definition) is 1. The number of nitrogens with two attached hydrogens (primary N) is 1. The zero-order valence-electron chi connectivity index (χ0n) is 9.67. The summed E-state index contributed by atoms with van der Waals surface area (Å²) in [6.45, 7) is 5.62. The summed E-state index contributed by atoms with van der Waals surface area (Å²) >= 11 is 0. The summed E-state index contributed by atoms with van der Waals surface area (Å²) < 4.78 is 5.63. The van der Waals surface area contributed by atoms with E-state index in [0.717, 1.165) is 26.2 Å². The van der Waals surface area contributed by atoms with Crippen molar-refractivity contribution in [3.63, 3.8) is 0 Å². The highest BCUT2D eigenvalue weighted by atomic mass is 16.5. The molecule has 88 valence electrons. The lowest BCUT2D eigenvalue weighted by Gasteiger charge is -2.34. The minimum atomic E-state index is 0.0974. The monoisotopic (exact) mass is 221 g/mol. The third-order valence-corrected chi connectivity index (χ3v) is 2.92. The number of hydrogen-bond acceptors (Lipinski definition) is 4. The minimum Gasteiger partial charge on any atom is -0.374 e. The van der Waals surface area contributed by atoms with Crippen LogP contribution in [0.1, 0.15) is 12.5 Å². The van der Waals surface area contributed by atoms with Crippen molar-refractivity contribution in [3.8, 4) is 0 Å². The van der Waals surface area contributed by atoms with E-state index in [0.29, 0.717) is 0 Å². The van der Waals surface area contributed by atoms with E-state index in [4.69, 9.17) is 10.5 Å². The van der Waals surface area contributed by atoms with Gasteiger partial charge in [-0.25, -0.2) is 0 Å². The van der Waals surface area contributed by atoms with Gasteiger partial charge >= 0.3 is 0 Å². The zero-order valence-corrected chi connectivity index (χ0v) is 9.67. The van der Waals surface area contributed by atoms with Gasteiger partial charge in [0.1, 0.15) is 0 Å². The second-order valence-corrected chi connectivity index (χ2v) is 4.36. The summed E-state index contributed by atoms with van der Waals surface area (Å²) in [5, 5.41) is 0. The van der Waals surface area contributed by atoms with Crippen LogP contribution in [0.4, 0.5) is 0 Å². The number of ether oxygens (including phenoxy) is 1. The molecule has 0 spiro atoms. The maximum atomic E-state index is 5.86. The van der Waals surface area contributed by atoms with Crippen LogP contribution in [0.5, 0.6) is 0 Å². The highest BCUT2D eigenvalue weighted by Crippen LogP contribution is 2.11. The molecule has 0 saturated carbocycles.